The van der Waals surface area contributed by atoms with E-state index in [1.54, 1.807) is 23.9 Å². The summed E-state index contributed by atoms with van der Waals surface area (Å²) in [5.41, 5.74) is 2.06. The SMILES string of the molecule is CC(C)C(=O)COCC(=O)N(C)C(C)C.CC(C)C(=O)COCC(=O)N(C)c1ccc(C(C)C)cc1. The van der Waals surface area contributed by atoms with Crippen LogP contribution in [0.2, 0.25) is 0 Å². The molecule has 0 unspecified atom stereocenters. The van der Waals surface area contributed by atoms with Crippen LogP contribution < -0.4 is 4.90 Å². The van der Waals surface area contributed by atoms with E-state index in [1.165, 1.54) is 5.56 Å². The maximum atomic E-state index is 12.0. The largest absolute Gasteiger partial charge is 0.364 e. The summed E-state index contributed by atoms with van der Waals surface area (Å²) >= 11 is 0. The fourth-order valence-electron chi connectivity index (χ4n) is 2.52. The highest BCUT2D eigenvalue weighted by Crippen LogP contribution is 2.19. The van der Waals surface area contributed by atoms with Crippen molar-refractivity contribution in [1.82, 2.24) is 4.90 Å². The molecule has 0 fully saturated rings. The van der Waals surface area contributed by atoms with E-state index in [4.69, 9.17) is 9.47 Å². The van der Waals surface area contributed by atoms with E-state index in [9.17, 15) is 19.2 Å². The van der Waals surface area contributed by atoms with Gasteiger partial charge in [0.05, 0.1) is 0 Å². The first-order valence-electron chi connectivity index (χ1n) is 12.5. The highest BCUT2D eigenvalue weighted by atomic mass is 16.5. The Hall–Kier alpha value is -2.58. The van der Waals surface area contributed by atoms with Crippen molar-refractivity contribution in [2.24, 2.45) is 11.8 Å². The first-order valence-corrected chi connectivity index (χ1v) is 12.5. The first-order chi connectivity index (χ1) is 16.7. The van der Waals surface area contributed by atoms with Crippen LogP contribution in [0.3, 0.4) is 0 Å². The molecule has 0 heterocycles. The minimum Gasteiger partial charge on any atom is -0.364 e. The molecule has 0 aromatic heterocycles. The van der Waals surface area contributed by atoms with E-state index in [-0.39, 0.29) is 67.7 Å². The average molecular weight is 507 g/mol. The molecule has 0 N–H and O–H groups in total. The topological polar surface area (TPSA) is 93.2 Å². The maximum absolute atomic E-state index is 12.0. The van der Waals surface area contributed by atoms with Gasteiger partial charge in [0.1, 0.15) is 26.4 Å². The Morgan fingerprint density at radius 1 is 0.667 bits per heavy atom. The van der Waals surface area contributed by atoms with Crippen LogP contribution in [-0.2, 0) is 28.7 Å². The summed E-state index contributed by atoms with van der Waals surface area (Å²) in [6.07, 6.45) is 0. The molecule has 1 aromatic rings. The number of likely N-dealkylation sites (N-methyl/N-ethyl adjacent to an activating group) is 2. The summed E-state index contributed by atoms with van der Waals surface area (Å²) in [4.78, 5) is 49.2. The Morgan fingerprint density at radius 3 is 1.44 bits per heavy atom. The average Bonchev–Trinajstić information content (AvgIpc) is 2.82. The molecule has 2 amide bonds. The molecule has 36 heavy (non-hydrogen) atoms. The zero-order valence-electron chi connectivity index (χ0n) is 23.8. The Balaban J connectivity index is 0.000000723. The number of hydrogen-bond donors (Lipinski definition) is 0. The van der Waals surface area contributed by atoms with Crippen molar-refractivity contribution in [2.45, 2.75) is 67.3 Å². The zero-order valence-corrected chi connectivity index (χ0v) is 23.8. The second kappa shape index (κ2) is 17.0. The second-order valence-corrected chi connectivity index (χ2v) is 10.0. The van der Waals surface area contributed by atoms with Gasteiger partial charge in [0.25, 0.3) is 5.91 Å². The van der Waals surface area contributed by atoms with Crippen molar-refractivity contribution in [1.29, 1.82) is 0 Å². The number of rotatable bonds is 13. The number of ether oxygens (including phenoxy) is 2. The van der Waals surface area contributed by atoms with Gasteiger partial charge in [-0.1, -0.05) is 53.7 Å². The summed E-state index contributed by atoms with van der Waals surface area (Å²) in [6.45, 7) is 15.3. The van der Waals surface area contributed by atoms with Gasteiger partial charge in [0, 0.05) is 37.7 Å². The van der Waals surface area contributed by atoms with Crippen LogP contribution in [0.1, 0.15) is 66.9 Å². The monoisotopic (exact) mass is 506 g/mol. The van der Waals surface area contributed by atoms with E-state index in [1.807, 2.05) is 65.8 Å². The van der Waals surface area contributed by atoms with E-state index < -0.39 is 0 Å². The third-order valence-corrected chi connectivity index (χ3v) is 5.72. The molecular weight excluding hydrogens is 460 g/mol. The lowest BCUT2D eigenvalue weighted by atomic mass is 10.0. The number of benzene rings is 1. The van der Waals surface area contributed by atoms with Crippen LogP contribution in [0.15, 0.2) is 24.3 Å². The molecular formula is C28H46N2O6. The first kappa shape index (κ1) is 33.4. The predicted molar refractivity (Wildman–Crippen MR) is 143 cm³/mol. The number of carbonyl (C=O) groups excluding carboxylic acids is 4. The van der Waals surface area contributed by atoms with Crippen LogP contribution in [0.25, 0.3) is 0 Å². The summed E-state index contributed by atoms with van der Waals surface area (Å²) in [5, 5.41) is 0. The predicted octanol–water partition coefficient (Wildman–Crippen LogP) is 4.11. The van der Waals surface area contributed by atoms with Crippen LogP contribution in [0, 0.1) is 11.8 Å². The van der Waals surface area contributed by atoms with Crippen molar-refractivity contribution < 1.29 is 28.7 Å². The molecule has 204 valence electrons. The lowest BCUT2D eigenvalue weighted by molar-refractivity contribution is -0.138. The highest BCUT2D eigenvalue weighted by Gasteiger charge is 2.15. The summed E-state index contributed by atoms with van der Waals surface area (Å²) in [7, 11) is 3.43. The molecule has 0 spiro atoms. The Kier molecular flexibility index (Phi) is 15.8. The van der Waals surface area contributed by atoms with Gasteiger partial charge in [0.15, 0.2) is 11.6 Å². The van der Waals surface area contributed by atoms with Gasteiger partial charge in [-0.3, -0.25) is 19.2 Å². The van der Waals surface area contributed by atoms with Crippen LogP contribution in [0.4, 0.5) is 5.69 Å². The van der Waals surface area contributed by atoms with Gasteiger partial charge < -0.3 is 19.3 Å². The highest BCUT2D eigenvalue weighted by molar-refractivity contribution is 5.94. The van der Waals surface area contributed by atoms with Crippen molar-refractivity contribution in [3.63, 3.8) is 0 Å². The molecule has 8 heteroatoms. The fourth-order valence-corrected chi connectivity index (χ4v) is 2.52. The van der Waals surface area contributed by atoms with Gasteiger partial charge in [-0.15, -0.1) is 0 Å². The van der Waals surface area contributed by atoms with Gasteiger partial charge in [-0.25, -0.2) is 0 Å². The van der Waals surface area contributed by atoms with E-state index >= 15 is 0 Å². The van der Waals surface area contributed by atoms with E-state index in [2.05, 4.69) is 13.8 Å². The number of carbonyl (C=O) groups is 4. The van der Waals surface area contributed by atoms with Crippen LogP contribution >= 0.6 is 0 Å². The summed E-state index contributed by atoms with van der Waals surface area (Å²) in [5.74, 6) is 0.127. The number of hydrogen-bond acceptors (Lipinski definition) is 6. The maximum Gasteiger partial charge on any atom is 0.252 e. The van der Waals surface area contributed by atoms with Crippen molar-refractivity contribution >= 4 is 29.1 Å². The lowest BCUT2D eigenvalue weighted by Crippen LogP contribution is -2.36. The molecule has 0 aliphatic carbocycles. The summed E-state index contributed by atoms with van der Waals surface area (Å²) < 4.78 is 10.2. The normalized spacial score (nSPS) is 10.9. The molecule has 0 saturated carbocycles. The number of nitrogens with zero attached hydrogens (tertiary/aromatic N) is 2. The number of Topliss-reactive ketones (excluding diaryl/α,β-unsaturated/α-hetero) is 2. The number of amides is 2. The molecule has 0 atom stereocenters. The van der Waals surface area contributed by atoms with Gasteiger partial charge in [-0.05, 0) is 37.5 Å². The fraction of sp³-hybridized carbons (Fsp3) is 0.643. The minimum atomic E-state index is -0.163. The van der Waals surface area contributed by atoms with Crippen LogP contribution in [0.5, 0.6) is 0 Å². The molecule has 0 radical (unpaired) electrons. The number of ketones is 2. The van der Waals surface area contributed by atoms with Gasteiger partial charge >= 0.3 is 0 Å². The Bertz CT molecular complexity index is 831. The lowest BCUT2D eigenvalue weighted by Gasteiger charge is -2.21. The Morgan fingerprint density at radius 2 is 1.08 bits per heavy atom. The van der Waals surface area contributed by atoms with Crippen molar-refractivity contribution in [2.75, 3.05) is 45.4 Å². The molecule has 1 aromatic carbocycles. The number of anilines is 1. The molecule has 8 nitrogen and oxygen atoms in total. The van der Waals surface area contributed by atoms with Crippen molar-refractivity contribution in [3.05, 3.63) is 29.8 Å². The standard InChI is InChI=1S/C17H25NO3.C11H21NO3/c1-12(2)14-6-8-15(9-7-14)18(5)17(20)11-21-10-16(19)13(3)4;1-8(2)10(13)6-15-7-11(14)12(5)9(3)4/h6-9,12-13H,10-11H2,1-5H3;8-9H,6-7H2,1-5H3. The third kappa shape index (κ3) is 12.9. The molecule has 1 rings (SSSR count). The summed E-state index contributed by atoms with van der Waals surface area (Å²) in [6, 6.07) is 8.04. The molecule has 0 saturated heterocycles. The molecule has 0 aliphatic heterocycles. The van der Waals surface area contributed by atoms with Crippen LogP contribution in [-0.4, -0.2) is 74.8 Å². The van der Waals surface area contributed by atoms with Gasteiger partial charge in [0.2, 0.25) is 5.91 Å². The third-order valence-electron chi connectivity index (χ3n) is 5.72. The van der Waals surface area contributed by atoms with Gasteiger partial charge in [-0.2, -0.15) is 0 Å². The zero-order chi connectivity index (χ0) is 28.0. The smallest absolute Gasteiger partial charge is 0.252 e. The second-order valence-electron chi connectivity index (χ2n) is 10.0. The van der Waals surface area contributed by atoms with Crippen molar-refractivity contribution in [3.8, 4) is 0 Å². The van der Waals surface area contributed by atoms with E-state index in [0.29, 0.717) is 5.92 Å². The molecule has 0 aliphatic rings. The van der Waals surface area contributed by atoms with E-state index in [0.717, 1.165) is 5.69 Å². The Labute approximate surface area is 217 Å². The molecule has 0 bridgehead atoms. The minimum absolute atomic E-state index is 0.00624. The quantitative estimate of drug-likeness (QED) is 0.400.